The van der Waals surface area contributed by atoms with Crippen LogP contribution in [0.4, 0.5) is 0 Å². The minimum absolute atomic E-state index is 0.0569. The number of nitrogens with zero attached hydrogens (tertiary/aromatic N) is 3. The average molecular weight is 495 g/mol. The Morgan fingerprint density at radius 1 is 1.06 bits per heavy atom. The lowest BCUT2D eigenvalue weighted by Gasteiger charge is -2.30. The Kier molecular flexibility index (Phi) is 6.62. The molecule has 0 spiro atoms. The van der Waals surface area contributed by atoms with E-state index in [-0.39, 0.29) is 11.8 Å². The molecule has 0 unspecified atom stereocenters. The second kappa shape index (κ2) is 9.83. The number of amides is 1. The predicted octanol–water partition coefficient (Wildman–Crippen LogP) is 3.09. The number of nitrogens with one attached hydrogen (secondary N) is 1. The first-order chi connectivity index (χ1) is 16.9. The lowest BCUT2D eigenvalue weighted by atomic mass is 9.97. The fraction of sp³-hybridized carbons (Fsp3) is 0.385. The van der Waals surface area contributed by atoms with E-state index in [0.29, 0.717) is 37.4 Å². The molecule has 0 saturated carbocycles. The standard InChI is InChI=1S/C26H30N4O4S/c1-34-24-8-6-23(7-9-24)30-16-13-22(28-30)18-27-26(31)20-11-14-29(15-12-20)35(32,33)25-10-5-19-3-2-4-21(19)17-25/h5-10,13,16-17,20H,2-4,11-12,14-15,18H2,1H3,(H,27,31). The first-order valence-corrected chi connectivity index (χ1v) is 13.5. The highest BCUT2D eigenvalue weighted by Gasteiger charge is 2.32. The van der Waals surface area contributed by atoms with Crippen LogP contribution in [0.3, 0.4) is 0 Å². The summed E-state index contributed by atoms with van der Waals surface area (Å²) in [6.45, 7) is 1.03. The zero-order chi connectivity index (χ0) is 24.4. The van der Waals surface area contributed by atoms with Crippen LogP contribution >= 0.6 is 0 Å². The molecular weight excluding hydrogens is 464 g/mol. The maximum atomic E-state index is 13.1. The van der Waals surface area contributed by atoms with Crippen molar-refractivity contribution in [1.82, 2.24) is 19.4 Å². The van der Waals surface area contributed by atoms with Crippen LogP contribution in [0, 0.1) is 5.92 Å². The van der Waals surface area contributed by atoms with Crippen molar-refractivity contribution in [1.29, 1.82) is 0 Å². The van der Waals surface area contributed by atoms with Crippen LogP contribution in [0.5, 0.6) is 5.75 Å². The second-order valence-corrected chi connectivity index (χ2v) is 11.1. The van der Waals surface area contributed by atoms with E-state index in [1.165, 1.54) is 9.87 Å². The molecule has 0 atom stereocenters. The zero-order valence-corrected chi connectivity index (χ0v) is 20.6. The summed E-state index contributed by atoms with van der Waals surface area (Å²) >= 11 is 0. The van der Waals surface area contributed by atoms with Gasteiger partial charge in [-0.3, -0.25) is 4.79 Å². The van der Waals surface area contributed by atoms with E-state index in [9.17, 15) is 13.2 Å². The summed E-state index contributed by atoms with van der Waals surface area (Å²) in [5.74, 6) is 0.517. The van der Waals surface area contributed by atoms with Gasteiger partial charge in [-0.15, -0.1) is 0 Å². The van der Waals surface area contributed by atoms with E-state index in [4.69, 9.17) is 4.74 Å². The molecule has 5 rings (SSSR count). The van der Waals surface area contributed by atoms with Crippen molar-refractivity contribution < 1.29 is 17.9 Å². The molecule has 184 valence electrons. The van der Waals surface area contributed by atoms with Gasteiger partial charge in [0.2, 0.25) is 15.9 Å². The lowest BCUT2D eigenvalue weighted by Crippen LogP contribution is -2.42. The number of ether oxygens (including phenoxy) is 1. The van der Waals surface area contributed by atoms with Gasteiger partial charge in [-0.1, -0.05) is 6.07 Å². The van der Waals surface area contributed by atoms with Gasteiger partial charge in [0.1, 0.15) is 5.75 Å². The summed E-state index contributed by atoms with van der Waals surface area (Å²) in [7, 11) is -1.91. The third-order valence-electron chi connectivity index (χ3n) is 6.96. The summed E-state index contributed by atoms with van der Waals surface area (Å²) in [6.07, 6.45) is 5.93. The minimum Gasteiger partial charge on any atom is -0.497 e. The highest BCUT2D eigenvalue weighted by molar-refractivity contribution is 7.89. The lowest BCUT2D eigenvalue weighted by molar-refractivity contribution is -0.126. The number of piperidine rings is 1. The summed E-state index contributed by atoms with van der Waals surface area (Å²) in [5.41, 5.74) is 4.06. The highest BCUT2D eigenvalue weighted by Crippen LogP contribution is 2.28. The Morgan fingerprint density at radius 2 is 1.80 bits per heavy atom. The van der Waals surface area contributed by atoms with Crippen molar-refractivity contribution in [3.63, 3.8) is 0 Å². The normalized spacial score (nSPS) is 16.7. The monoisotopic (exact) mass is 494 g/mol. The molecule has 1 amide bonds. The molecule has 9 heteroatoms. The van der Waals surface area contributed by atoms with Crippen LogP contribution in [0.1, 0.15) is 36.1 Å². The Balaban J connectivity index is 1.14. The smallest absolute Gasteiger partial charge is 0.243 e. The van der Waals surface area contributed by atoms with Crippen molar-refractivity contribution >= 4 is 15.9 Å². The second-order valence-electron chi connectivity index (χ2n) is 9.13. The van der Waals surface area contributed by atoms with Gasteiger partial charge in [0, 0.05) is 25.2 Å². The van der Waals surface area contributed by atoms with Crippen LogP contribution in [-0.4, -0.2) is 48.6 Å². The maximum Gasteiger partial charge on any atom is 0.243 e. The van der Waals surface area contributed by atoms with E-state index in [1.54, 1.807) is 17.9 Å². The molecule has 2 aliphatic rings. The minimum atomic E-state index is -3.54. The van der Waals surface area contributed by atoms with Crippen molar-refractivity contribution in [2.45, 2.75) is 43.5 Å². The first kappa shape index (κ1) is 23.6. The number of aromatic nitrogens is 2. The van der Waals surface area contributed by atoms with Gasteiger partial charge in [-0.25, -0.2) is 13.1 Å². The number of sulfonamides is 1. The van der Waals surface area contributed by atoms with Crippen LogP contribution in [-0.2, 0) is 34.2 Å². The number of methoxy groups -OCH3 is 1. The number of benzene rings is 2. The summed E-state index contributed by atoms with van der Waals surface area (Å²) in [6, 6.07) is 15.0. The summed E-state index contributed by atoms with van der Waals surface area (Å²) in [4.78, 5) is 13.1. The highest BCUT2D eigenvalue weighted by atomic mass is 32.2. The van der Waals surface area contributed by atoms with Gasteiger partial charge in [0.15, 0.2) is 0 Å². The van der Waals surface area contributed by atoms with Gasteiger partial charge in [0.05, 0.1) is 29.9 Å². The quantitative estimate of drug-likeness (QED) is 0.545. The molecule has 35 heavy (non-hydrogen) atoms. The van der Waals surface area contributed by atoms with Gasteiger partial charge < -0.3 is 10.1 Å². The predicted molar refractivity (Wildman–Crippen MR) is 132 cm³/mol. The van der Waals surface area contributed by atoms with E-state index >= 15 is 0 Å². The van der Waals surface area contributed by atoms with Crippen molar-refractivity contribution in [3.8, 4) is 11.4 Å². The molecule has 0 radical (unpaired) electrons. The van der Waals surface area contributed by atoms with Gasteiger partial charge in [0.25, 0.3) is 0 Å². The Morgan fingerprint density at radius 3 is 2.54 bits per heavy atom. The van der Waals surface area contributed by atoms with Gasteiger partial charge in [-0.05, 0) is 85.7 Å². The number of aryl methyl sites for hydroxylation is 2. The number of rotatable bonds is 7. The fourth-order valence-corrected chi connectivity index (χ4v) is 6.39. The molecule has 1 aliphatic heterocycles. The van der Waals surface area contributed by atoms with Crippen LogP contribution in [0.25, 0.3) is 5.69 Å². The molecule has 1 saturated heterocycles. The van der Waals surface area contributed by atoms with E-state index < -0.39 is 10.0 Å². The molecule has 3 aromatic rings. The third-order valence-corrected chi connectivity index (χ3v) is 8.85. The largest absolute Gasteiger partial charge is 0.497 e. The molecular formula is C26H30N4O4S. The number of fused-ring (bicyclic) bond motifs is 1. The SMILES string of the molecule is COc1ccc(-n2ccc(CNC(=O)C3CCN(S(=O)(=O)c4ccc5c(c4)CCC5)CC3)n2)cc1. The summed E-state index contributed by atoms with van der Waals surface area (Å²) < 4.78 is 34.7. The van der Waals surface area contributed by atoms with Gasteiger partial charge >= 0.3 is 0 Å². The molecule has 0 bridgehead atoms. The number of carbonyl (C=O) groups excluding carboxylic acids is 1. The first-order valence-electron chi connectivity index (χ1n) is 12.0. The van der Waals surface area contributed by atoms with Gasteiger partial charge in [-0.2, -0.15) is 9.40 Å². The Labute approximate surface area is 206 Å². The van der Waals surface area contributed by atoms with Crippen molar-refractivity contribution in [3.05, 3.63) is 71.5 Å². The average Bonchev–Trinajstić information content (AvgIpc) is 3.56. The van der Waals surface area contributed by atoms with Crippen LogP contribution in [0.2, 0.25) is 0 Å². The summed E-state index contributed by atoms with van der Waals surface area (Å²) in [5, 5.41) is 7.49. The number of hydrogen-bond acceptors (Lipinski definition) is 5. The number of hydrogen-bond donors (Lipinski definition) is 1. The Hall–Kier alpha value is -3.17. The van der Waals surface area contributed by atoms with Crippen LogP contribution in [0.15, 0.2) is 59.6 Å². The zero-order valence-electron chi connectivity index (χ0n) is 19.8. The molecule has 1 aromatic heterocycles. The molecule has 1 aliphatic carbocycles. The van der Waals surface area contributed by atoms with Crippen LogP contribution < -0.4 is 10.1 Å². The molecule has 1 N–H and O–H groups in total. The maximum absolute atomic E-state index is 13.1. The fourth-order valence-electron chi connectivity index (χ4n) is 4.87. The molecule has 1 fully saturated rings. The molecule has 2 aromatic carbocycles. The van der Waals surface area contributed by atoms with Crippen molar-refractivity contribution in [2.75, 3.05) is 20.2 Å². The van der Waals surface area contributed by atoms with E-state index in [2.05, 4.69) is 10.4 Å². The van der Waals surface area contributed by atoms with E-state index in [1.807, 2.05) is 48.7 Å². The number of carbonyl (C=O) groups is 1. The van der Waals surface area contributed by atoms with Crippen molar-refractivity contribution in [2.24, 2.45) is 5.92 Å². The molecule has 2 heterocycles. The molecule has 8 nitrogen and oxygen atoms in total. The topological polar surface area (TPSA) is 93.5 Å². The Bertz CT molecular complexity index is 1310. The van der Waals surface area contributed by atoms with E-state index in [0.717, 1.165) is 42.0 Å². The third kappa shape index (κ3) is 4.97.